The van der Waals surface area contributed by atoms with Gasteiger partial charge >= 0.3 is 21.1 Å². The van der Waals surface area contributed by atoms with Crippen LogP contribution in [-0.4, -0.2) is 21.2 Å². The quantitative estimate of drug-likeness (QED) is 0.128. The number of rotatable bonds is 5. The van der Waals surface area contributed by atoms with Crippen molar-refractivity contribution < 1.29 is 30.5 Å². The first kappa shape index (κ1) is 35.0. The standard InChI is InChI=1S/C50H32BN3O2.Pt/c1-31-12-10-13-32(2)49(31)54-43-19-9-8-18-41(43)53-50(54)36-23-25-45-40(29-36)51-39-28-35(22-24-44(39)55-46-20-11-21-47(56-45)48(46)51)42-30-34(26-27-52-42)38-17-7-6-16-37(38)33-14-4-3-5-15-33;/h3-27,30H,1-2H3;/q-2;+2. The van der Waals surface area contributed by atoms with Gasteiger partial charge in [-0.25, -0.2) is 0 Å². The summed E-state index contributed by atoms with van der Waals surface area (Å²) in [6.45, 7) is 4.07. The number of benzene rings is 7. The van der Waals surface area contributed by atoms with Crippen LogP contribution in [0.5, 0.6) is 23.0 Å². The third kappa shape index (κ3) is 5.74. The number of ether oxygens (including phenoxy) is 2. The number of pyridine rings is 1. The van der Waals surface area contributed by atoms with Crippen LogP contribution in [-0.2, 0) is 21.1 Å². The van der Waals surface area contributed by atoms with Crippen LogP contribution in [0.2, 0.25) is 0 Å². The summed E-state index contributed by atoms with van der Waals surface area (Å²) in [7, 11) is 0. The molecular formula is C50H32BN3O2Pt. The van der Waals surface area contributed by atoms with Crippen LogP contribution in [0.25, 0.3) is 61.6 Å². The zero-order valence-electron chi connectivity index (χ0n) is 31.1. The van der Waals surface area contributed by atoms with E-state index in [1.165, 1.54) is 22.3 Å². The summed E-state index contributed by atoms with van der Waals surface area (Å²) in [5, 5.41) is 0. The van der Waals surface area contributed by atoms with Crippen molar-refractivity contribution >= 4 is 34.1 Å². The molecule has 0 fully saturated rings. The van der Waals surface area contributed by atoms with Crippen molar-refractivity contribution in [2.45, 2.75) is 13.8 Å². The molecule has 2 aromatic heterocycles. The molecule has 0 radical (unpaired) electrons. The Morgan fingerprint density at radius 1 is 0.561 bits per heavy atom. The van der Waals surface area contributed by atoms with Gasteiger partial charge in [0.25, 0.3) is 0 Å². The molecule has 7 aromatic carbocycles. The number of aromatic nitrogens is 3. The zero-order chi connectivity index (χ0) is 37.3. The van der Waals surface area contributed by atoms with Gasteiger partial charge in [0.2, 0.25) is 6.71 Å². The van der Waals surface area contributed by atoms with Gasteiger partial charge in [0.15, 0.2) is 0 Å². The Kier molecular flexibility index (Phi) is 8.54. The van der Waals surface area contributed by atoms with E-state index in [4.69, 9.17) is 19.4 Å². The largest absolute Gasteiger partial charge is 2.00 e. The van der Waals surface area contributed by atoms with E-state index in [0.717, 1.165) is 89.9 Å². The van der Waals surface area contributed by atoms with Gasteiger partial charge in [-0.3, -0.25) is 4.98 Å². The van der Waals surface area contributed by atoms with Crippen LogP contribution in [0.3, 0.4) is 0 Å². The van der Waals surface area contributed by atoms with E-state index >= 15 is 0 Å². The molecule has 7 heteroatoms. The molecule has 9 aromatic rings. The van der Waals surface area contributed by atoms with Crippen LogP contribution in [0.1, 0.15) is 11.1 Å². The predicted octanol–water partition coefficient (Wildman–Crippen LogP) is 10.0. The van der Waals surface area contributed by atoms with Crippen molar-refractivity contribution in [3.63, 3.8) is 0 Å². The molecule has 0 atom stereocenters. The van der Waals surface area contributed by atoms with Gasteiger partial charge in [-0.05, 0) is 83.3 Å². The average molecular weight is 913 g/mol. The second-order valence-electron chi connectivity index (χ2n) is 14.4. The summed E-state index contributed by atoms with van der Waals surface area (Å²) in [6.07, 6.45) is 1.88. The molecule has 2 aliphatic heterocycles. The number of hydrogen-bond acceptors (Lipinski definition) is 4. The first-order valence-corrected chi connectivity index (χ1v) is 18.9. The van der Waals surface area contributed by atoms with E-state index in [9.17, 15) is 0 Å². The Labute approximate surface area is 346 Å². The van der Waals surface area contributed by atoms with Crippen molar-refractivity contribution in [3.8, 4) is 73.6 Å². The maximum Gasteiger partial charge on any atom is 2.00 e. The second kappa shape index (κ2) is 13.9. The number of fused-ring (bicyclic) bond motifs is 5. The number of imidazole rings is 1. The Morgan fingerprint density at radius 3 is 1.91 bits per heavy atom. The third-order valence-corrected chi connectivity index (χ3v) is 11.0. The molecule has 4 heterocycles. The smallest absolute Gasteiger partial charge is 0.503 e. The van der Waals surface area contributed by atoms with Gasteiger partial charge in [0.05, 0.1) is 16.9 Å². The Bertz CT molecular complexity index is 3000. The summed E-state index contributed by atoms with van der Waals surface area (Å²) < 4.78 is 15.5. The molecule has 272 valence electrons. The summed E-state index contributed by atoms with van der Waals surface area (Å²) >= 11 is 0. The van der Waals surface area contributed by atoms with Crippen molar-refractivity contribution in [1.82, 2.24) is 14.5 Å². The zero-order valence-corrected chi connectivity index (χ0v) is 33.3. The maximum atomic E-state index is 6.60. The molecular weight excluding hydrogens is 880 g/mol. The minimum atomic E-state index is -0.242. The van der Waals surface area contributed by atoms with Gasteiger partial charge in [-0.15, -0.1) is 58.5 Å². The van der Waals surface area contributed by atoms with Gasteiger partial charge in [-0.1, -0.05) is 97.1 Å². The molecule has 2 aliphatic rings. The topological polar surface area (TPSA) is 49.2 Å². The first-order valence-electron chi connectivity index (χ1n) is 18.9. The van der Waals surface area contributed by atoms with Crippen LogP contribution >= 0.6 is 0 Å². The second-order valence-corrected chi connectivity index (χ2v) is 14.4. The maximum absolute atomic E-state index is 6.60. The Balaban J connectivity index is 0.00000396. The molecule has 0 aliphatic carbocycles. The number of para-hydroxylation sites is 3. The van der Waals surface area contributed by atoms with E-state index in [0.29, 0.717) is 0 Å². The van der Waals surface area contributed by atoms with E-state index in [1.54, 1.807) is 0 Å². The average Bonchev–Trinajstić information content (AvgIpc) is 3.63. The van der Waals surface area contributed by atoms with Crippen molar-refractivity contribution in [2.75, 3.05) is 0 Å². The number of nitrogens with zero attached hydrogens (tertiary/aromatic N) is 3. The monoisotopic (exact) mass is 912 g/mol. The van der Waals surface area contributed by atoms with Gasteiger partial charge in [0.1, 0.15) is 11.5 Å². The fourth-order valence-corrected chi connectivity index (χ4v) is 8.48. The summed E-state index contributed by atoms with van der Waals surface area (Å²) in [5.74, 6) is 3.87. The van der Waals surface area contributed by atoms with Crippen molar-refractivity contribution in [1.29, 1.82) is 0 Å². The van der Waals surface area contributed by atoms with E-state index in [-0.39, 0.29) is 27.8 Å². The molecule has 0 amide bonds. The number of hydrogen-bond donors (Lipinski definition) is 0. The van der Waals surface area contributed by atoms with Crippen LogP contribution < -0.4 is 25.9 Å². The molecule has 0 saturated carbocycles. The van der Waals surface area contributed by atoms with E-state index < -0.39 is 0 Å². The fraction of sp³-hybridized carbons (Fsp3) is 0.0400. The normalized spacial score (nSPS) is 12.1. The molecule has 11 rings (SSSR count). The van der Waals surface area contributed by atoms with Crippen LogP contribution in [0.15, 0.2) is 158 Å². The van der Waals surface area contributed by atoms with Crippen molar-refractivity contribution in [3.05, 3.63) is 181 Å². The van der Waals surface area contributed by atoms with Crippen LogP contribution in [0.4, 0.5) is 0 Å². The molecule has 57 heavy (non-hydrogen) atoms. The van der Waals surface area contributed by atoms with E-state index in [1.807, 2.05) is 42.6 Å². The summed E-state index contributed by atoms with van der Waals surface area (Å²) in [6, 6.07) is 59.9. The first-order chi connectivity index (χ1) is 27.6. The van der Waals surface area contributed by atoms with Gasteiger partial charge in [-0.2, -0.15) is 0 Å². The molecule has 0 saturated heterocycles. The van der Waals surface area contributed by atoms with Gasteiger partial charge < -0.3 is 19.0 Å². The van der Waals surface area contributed by atoms with Crippen LogP contribution in [0, 0.1) is 26.0 Å². The minimum absolute atomic E-state index is 0. The predicted molar refractivity (Wildman–Crippen MR) is 225 cm³/mol. The minimum Gasteiger partial charge on any atom is -0.503 e. The molecule has 5 nitrogen and oxygen atoms in total. The molecule has 0 unspecified atom stereocenters. The summed E-state index contributed by atoms with van der Waals surface area (Å²) in [4.78, 5) is 10.1. The molecule has 0 spiro atoms. The summed E-state index contributed by atoms with van der Waals surface area (Å²) in [5.41, 5.74) is 15.4. The molecule has 0 N–H and O–H groups in total. The van der Waals surface area contributed by atoms with Crippen molar-refractivity contribution in [2.24, 2.45) is 0 Å². The third-order valence-electron chi connectivity index (χ3n) is 11.0. The Hall–Kier alpha value is -6.49. The number of aryl methyl sites for hydroxylation is 2. The van der Waals surface area contributed by atoms with E-state index in [2.05, 4.69) is 146 Å². The fourth-order valence-electron chi connectivity index (χ4n) is 8.48. The molecule has 0 bridgehead atoms. The Morgan fingerprint density at radius 2 is 1.18 bits per heavy atom. The SMILES string of the molecule is Cc1cccc(C)c1-n1c(-c2[c-]c3c(cc2)Oc2cccc4c2B3c2[c-]c(-c3cc(-c5ccccc5-c5ccccc5)ccn3)ccc2O4)nc2ccccc21.[Pt+2]. The van der Waals surface area contributed by atoms with Gasteiger partial charge in [0, 0.05) is 28.8 Å².